The summed E-state index contributed by atoms with van der Waals surface area (Å²) in [5.41, 5.74) is 0.378. The molecule has 0 saturated heterocycles. The number of ether oxygens (including phenoxy) is 1. The molecule has 152 valence electrons. The first-order chi connectivity index (χ1) is 14.3. The van der Waals surface area contributed by atoms with Gasteiger partial charge in [-0.15, -0.1) is 0 Å². The first-order valence-corrected chi connectivity index (χ1v) is 10.4. The quantitative estimate of drug-likeness (QED) is 0.219. The van der Waals surface area contributed by atoms with Gasteiger partial charge in [0.1, 0.15) is 16.2 Å². The van der Waals surface area contributed by atoms with Gasteiger partial charge < -0.3 is 4.74 Å². The number of halogens is 5. The summed E-state index contributed by atoms with van der Waals surface area (Å²) in [6.45, 7) is 1.77. The Kier molecular flexibility index (Phi) is 5.78. The lowest BCUT2D eigenvalue weighted by molar-refractivity contribution is 0.0526. The monoisotopic (exact) mass is 481 g/mol. The lowest BCUT2D eigenvalue weighted by Crippen LogP contribution is -2.08. The van der Waals surface area contributed by atoms with E-state index >= 15 is 4.39 Å². The molecule has 0 spiro atoms. The van der Waals surface area contributed by atoms with E-state index in [1.54, 1.807) is 25.1 Å². The lowest BCUT2D eigenvalue weighted by Gasteiger charge is -2.15. The number of aromatic nitrogens is 1. The maximum atomic E-state index is 15.7. The first-order valence-electron chi connectivity index (χ1n) is 8.86. The fourth-order valence-electron chi connectivity index (χ4n) is 3.39. The van der Waals surface area contributed by atoms with E-state index in [-0.39, 0.29) is 43.8 Å². The van der Waals surface area contributed by atoms with Gasteiger partial charge in [0.2, 0.25) is 0 Å². The topological polar surface area (TPSA) is 39.2 Å². The van der Waals surface area contributed by atoms with E-state index in [9.17, 15) is 4.79 Å². The predicted octanol–water partition coefficient (Wildman–Crippen LogP) is 7.98. The number of hydrogen-bond donors (Lipinski definition) is 0. The highest BCUT2D eigenvalue weighted by molar-refractivity contribution is 6.43. The summed E-state index contributed by atoms with van der Waals surface area (Å²) < 4.78 is 20.7. The number of pyridine rings is 1. The van der Waals surface area contributed by atoms with Crippen molar-refractivity contribution >= 4 is 74.0 Å². The molecule has 8 heteroatoms. The fourth-order valence-corrected chi connectivity index (χ4v) is 4.58. The Balaban J connectivity index is 2.06. The molecule has 4 rings (SSSR count). The summed E-state index contributed by atoms with van der Waals surface area (Å²) in [5.74, 6) is -1.47. The van der Waals surface area contributed by atoms with Crippen molar-refractivity contribution in [2.75, 3.05) is 6.61 Å². The highest BCUT2D eigenvalue weighted by Gasteiger charge is 2.25. The SMILES string of the molecule is CCOC(=O)c1c(Cl)nc2c(F)c(-c3cccc4cccc(Cl)c34)c(Cl)cc2c1Cl. The number of esters is 1. The van der Waals surface area contributed by atoms with Crippen LogP contribution in [0.1, 0.15) is 17.3 Å². The third kappa shape index (κ3) is 3.38. The Morgan fingerprint density at radius 3 is 2.47 bits per heavy atom. The smallest absolute Gasteiger partial charge is 0.342 e. The molecule has 30 heavy (non-hydrogen) atoms. The van der Waals surface area contributed by atoms with Crippen molar-refractivity contribution in [3.05, 3.63) is 74.1 Å². The van der Waals surface area contributed by atoms with Gasteiger partial charge in [0.25, 0.3) is 0 Å². The molecule has 0 aliphatic heterocycles. The van der Waals surface area contributed by atoms with Crippen LogP contribution in [0.15, 0.2) is 42.5 Å². The van der Waals surface area contributed by atoms with Crippen LogP contribution >= 0.6 is 46.4 Å². The Morgan fingerprint density at radius 2 is 1.77 bits per heavy atom. The van der Waals surface area contributed by atoms with Crippen molar-refractivity contribution in [1.29, 1.82) is 0 Å². The van der Waals surface area contributed by atoms with E-state index in [0.717, 1.165) is 5.39 Å². The number of carbonyl (C=O) groups is 1. The molecule has 0 amide bonds. The van der Waals surface area contributed by atoms with E-state index < -0.39 is 11.8 Å². The zero-order valence-electron chi connectivity index (χ0n) is 15.4. The number of fused-ring (bicyclic) bond motifs is 2. The summed E-state index contributed by atoms with van der Waals surface area (Å²) in [6, 6.07) is 12.2. The number of hydrogen-bond acceptors (Lipinski definition) is 3. The van der Waals surface area contributed by atoms with Gasteiger partial charge in [-0.3, -0.25) is 0 Å². The molecule has 0 aliphatic carbocycles. The van der Waals surface area contributed by atoms with Gasteiger partial charge in [-0.05, 0) is 30.0 Å². The van der Waals surface area contributed by atoms with Crippen LogP contribution in [-0.4, -0.2) is 17.6 Å². The molecule has 0 fully saturated rings. The van der Waals surface area contributed by atoms with Gasteiger partial charge in [0.15, 0.2) is 5.82 Å². The molecule has 0 atom stereocenters. The maximum Gasteiger partial charge on any atom is 0.342 e. The highest BCUT2D eigenvalue weighted by atomic mass is 35.5. The molecule has 0 N–H and O–H groups in total. The molecule has 1 heterocycles. The number of benzene rings is 3. The number of nitrogens with zero attached hydrogens (tertiary/aromatic N) is 1. The van der Waals surface area contributed by atoms with Gasteiger partial charge in [0.05, 0.1) is 16.7 Å². The van der Waals surface area contributed by atoms with Crippen LogP contribution in [0.4, 0.5) is 4.39 Å². The van der Waals surface area contributed by atoms with Crippen molar-refractivity contribution in [3.63, 3.8) is 0 Å². The zero-order valence-corrected chi connectivity index (χ0v) is 18.4. The third-order valence-electron chi connectivity index (χ3n) is 4.67. The summed E-state index contributed by atoms with van der Waals surface area (Å²) >= 11 is 25.4. The van der Waals surface area contributed by atoms with Gasteiger partial charge in [0, 0.05) is 21.4 Å². The Labute approximate surface area is 191 Å². The van der Waals surface area contributed by atoms with E-state index in [2.05, 4.69) is 4.98 Å². The second-order valence-corrected chi connectivity index (χ2v) is 7.95. The van der Waals surface area contributed by atoms with Crippen LogP contribution in [-0.2, 0) is 4.74 Å². The average molecular weight is 483 g/mol. The lowest BCUT2D eigenvalue weighted by atomic mass is 9.96. The van der Waals surface area contributed by atoms with E-state index in [0.29, 0.717) is 16.0 Å². The third-order valence-corrected chi connectivity index (χ3v) is 5.95. The van der Waals surface area contributed by atoms with Crippen LogP contribution in [0.3, 0.4) is 0 Å². The second kappa shape index (κ2) is 8.20. The largest absolute Gasteiger partial charge is 0.462 e. The van der Waals surface area contributed by atoms with Gasteiger partial charge in [-0.1, -0.05) is 76.7 Å². The summed E-state index contributed by atoms with van der Waals surface area (Å²) in [5, 5.41) is 1.86. The normalized spacial score (nSPS) is 11.3. The predicted molar refractivity (Wildman–Crippen MR) is 121 cm³/mol. The van der Waals surface area contributed by atoms with Crippen molar-refractivity contribution in [2.24, 2.45) is 0 Å². The summed E-state index contributed by atoms with van der Waals surface area (Å²) in [7, 11) is 0. The summed E-state index contributed by atoms with van der Waals surface area (Å²) in [6.07, 6.45) is 0. The van der Waals surface area contributed by atoms with Gasteiger partial charge in [-0.2, -0.15) is 0 Å². The molecule has 0 radical (unpaired) electrons. The minimum Gasteiger partial charge on any atom is -0.462 e. The number of rotatable bonds is 3. The van der Waals surface area contributed by atoms with Crippen molar-refractivity contribution in [1.82, 2.24) is 4.98 Å². The molecule has 0 aliphatic rings. The van der Waals surface area contributed by atoms with Crippen molar-refractivity contribution in [3.8, 4) is 11.1 Å². The van der Waals surface area contributed by atoms with Crippen LogP contribution in [0, 0.1) is 5.82 Å². The van der Waals surface area contributed by atoms with Crippen LogP contribution < -0.4 is 0 Å². The Bertz CT molecular complexity index is 1340. The van der Waals surface area contributed by atoms with E-state index in [1.165, 1.54) is 6.07 Å². The molecular weight excluding hydrogens is 471 g/mol. The van der Waals surface area contributed by atoms with E-state index in [4.69, 9.17) is 51.1 Å². The average Bonchev–Trinajstić information content (AvgIpc) is 2.70. The zero-order chi connectivity index (χ0) is 21.6. The fraction of sp³-hybridized carbons (Fsp3) is 0.0909. The molecule has 0 unspecified atom stereocenters. The molecule has 4 aromatic rings. The minimum atomic E-state index is -0.747. The Morgan fingerprint density at radius 1 is 1.07 bits per heavy atom. The van der Waals surface area contributed by atoms with Gasteiger partial charge in [-0.25, -0.2) is 14.2 Å². The number of carbonyl (C=O) groups excluding carboxylic acids is 1. The standard InChI is InChI=1S/C22H12Cl4FNO2/c1-2-30-22(29)17-18(25)12-9-14(24)16(19(27)20(12)28-21(17)26)11-7-3-5-10-6-4-8-13(23)15(10)11/h3-9H,2H2,1H3. The van der Waals surface area contributed by atoms with Crippen molar-refractivity contribution < 1.29 is 13.9 Å². The molecule has 0 saturated carbocycles. The van der Waals surface area contributed by atoms with Crippen LogP contribution in [0.25, 0.3) is 32.8 Å². The Hall–Kier alpha value is -2.11. The molecule has 3 aromatic carbocycles. The molecule has 3 nitrogen and oxygen atoms in total. The molecular formula is C22H12Cl4FNO2. The summed E-state index contributed by atoms with van der Waals surface area (Å²) in [4.78, 5) is 16.3. The van der Waals surface area contributed by atoms with E-state index in [1.807, 2.05) is 18.2 Å². The van der Waals surface area contributed by atoms with Crippen LogP contribution in [0.2, 0.25) is 20.2 Å². The first kappa shape index (κ1) is 21.1. The molecule has 0 bridgehead atoms. The highest BCUT2D eigenvalue weighted by Crippen LogP contribution is 2.43. The van der Waals surface area contributed by atoms with Crippen molar-refractivity contribution in [2.45, 2.75) is 6.92 Å². The molecule has 1 aromatic heterocycles. The second-order valence-electron chi connectivity index (χ2n) is 6.40. The van der Waals surface area contributed by atoms with Crippen LogP contribution in [0.5, 0.6) is 0 Å². The van der Waals surface area contributed by atoms with Gasteiger partial charge >= 0.3 is 5.97 Å². The minimum absolute atomic E-state index is 0.0771. The maximum absolute atomic E-state index is 15.7.